The molecule has 0 aliphatic rings. The molecular formula is C16H21F2N5O2S. The maximum absolute atomic E-state index is 12.2. The number of carbonyl (C=O) groups is 1. The van der Waals surface area contributed by atoms with Crippen molar-refractivity contribution in [3.63, 3.8) is 0 Å². The molecule has 1 aromatic carbocycles. The van der Waals surface area contributed by atoms with E-state index in [-0.39, 0.29) is 17.2 Å². The Balaban J connectivity index is 2.11. The fraction of sp³-hybridized carbons (Fsp3) is 0.438. The summed E-state index contributed by atoms with van der Waals surface area (Å²) >= 11 is 1.17. The fourth-order valence-electron chi connectivity index (χ4n) is 2.02. The third-order valence-electron chi connectivity index (χ3n) is 3.15. The van der Waals surface area contributed by atoms with Crippen LogP contribution in [0.25, 0.3) is 11.4 Å². The molecule has 0 aliphatic carbocycles. The molecule has 1 amide bonds. The third kappa shape index (κ3) is 5.32. The van der Waals surface area contributed by atoms with Crippen LogP contribution >= 0.6 is 11.8 Å². The standard InChI is InChI=1S/C16H21F2N5O2S/c1-9(13(24)20-16(2,3)4)26-15-22-21-12(23(15)19)10-5-7-11(8-6-10)25-14(17)18/h5-9,14H,19H2,1-4H3,(H,20,24). The Morgan fingerprint density at radius 3 is 2.42 bits per heavy atom. The molecule has 0 fully saturated rings. The average Bonchev–Trinajstić information content (AvgIpc) is 2.87. The molecule has 0 saturated heterocycles. The lowest BCUT2D eigenvalue weighted by Crippen LogP contribution is -2.44. The van der Waals surface area contributed by atoms with Crippen LogP contribution in [0.2, 0.25) is 0 Å². The zero-order valence-corrected chi connectivity index (χ0v) is 15.7. The maximum Gasteiger partial charge on any atom is 0.387 e. The number of rotatable bonds is 6. The van der Waals surface area contributed by atoms with Crippen LogP contribution < -0.4 is 15.9 Å². The van der Waals surface area contributed by atoms with Gasteiger partial charge in [0.05, 0.1) is 5.25 Å². The zero-order chi connectivity index (χ0) is 19.5. The highest BCUT2D eigenvalue weighted by Crippen LogP contribution is 2.26. The first kappa shape index (κ1) is 20.0. The van der Waals surface area contributed by atoms with E-state index in [1.807, 2.05) is 20.8 Å². The summed E-state index contributed by atoms with van der Waals surface area (Å²) in [6.45, 7) is 4.55. The Hall–Kier alpha value is -2.36. The molecule has 0 aliphatic heterocycles. The predicted molar refractivity (Wildman–Crippen MR) is 95.5 cm³/mol. The summed E-state index contributed by atoms with van der Waals surface area (Å²) in [4.78, 5) is 12.2. The lowest BCUT2D eigenvalue weighted by Gasteiger charge is -2.22. The second-order valence-electron chi connectivity index (χ2n) is 6.58. The van der Waals surface area contributed by atoms with Gasteiger partial charge in [-0.05, 0) is 52.0 Å². The second kappa shape index (κ2) is 7.90. The number of nitrogens with zero attached hydrogens (tertiary/aromatic N) is 3. The number of nitrogens with one attached hydrogen (secondary N) is 1. The number of amides is 1. The van der Waals surface area contributed by atoms with Crippen LogP contribution in [0.15, 0.2) is 29.4 Å². The Labute approximate surface area is 154 Å². The summed E-state index contributed by atoms with van der Waals surface area (Å²) in [7, 11) is 0. The number of benzene rings is 1. The lowest BCUT2D eigenvalue weighted by atomic mass is 10.1. The highest BCUT2D eigenvalue weighted by Gasteiger charge is 2.23. The van der Waals surface area contributed by atoms with Crippen molar-refractivity contribution in [3.05, 3.63) is 24.3 Å². The molecule has 0 radical (unpaired) electrons. The SMILES string of the molecule is CC(Sc1nnc(-c2ccc(OC(F)F)cc2)n1N)C(=O)NC(C)(C)C. The number of nitrogens with two attached hydrogens (primary N) is 1. The van der Waals surface area contributed by atoms with E-state index in [4.69, 9.17) is 5.84 Å². The van der Waals surface area contributed by atoms with Crippen molar-refractivity contribution in [1.82, 2.24) is 20.2 Å². The number of nitrogen functional groups attached to an aromatic ring is 1. The van der Waals surface area contributed by atoms with Gasteiger partial charge in [0.15, 0.2) is 5.82 Å². The van der Waals surface area contributed by atoms with Gasteiger partial charge >= 0.3 is 6.61 Å². The molecule has 2 rings (SSSR count). The topological polar surface area (TPSA) is 95.1 Å². The molecule has 3 N–H and O–H groups in total. The molecule has 26 heavy (non-hydrogen) atoms. The van der Waals surface area contributed by atoms with E-state index in [1.54, 1.807) is 19.1 Å². The summed E-state index contributed by atoms with van der Waals surface area (Å²) in [5.41, 5.74) is 0.246. The first-order valence-corrected chi connectivity index (χ1v) is 8.69. The van der Waals surface area contributed by atoms with E-state index in [0.29, 0.717) is 16.5 Å². The normalized spacial score (nSPS) is 12.9. The van der Waals surface area contributed by atoms with E-state index in [1.165, 1.54) is 28.6 Å². The smallest absolute Gasteiger partial charge is 0.387 e. The van der Waals surface area contributed by atoms with Crippen molar-refractivity contribution in [2.24, 2.45) is 0 Å². The molecular weight excluding hydrogens is 364 g/mol. The van der Waals surface area contributed by atoms with Crippen molar-refractivity contribution in [1.29, 1.82) is 0 Å². The highest BCUT2D eigenvalue weighted by atomic mass is 32.2. The summed E-state index contributed by atoms with van der Waals surface area (Å²) in [5.74, 6) is 6.26. The van der Waals surface area contributed by atoms with Crippen molar-refractivity contribution < 1.29 is 18.3 Å². The van der Waals surface area contributed by atoms with Gasteiger partial charge < -0.3 is 15.9 Å². The molecule has 142 valence electrons. The number of alkyl halides is 2. The molecule has 0 saturated carbocycles. The first-order chi connectivity index (χ1) is 12.1. The van der Waals surface area contributed by atoms with Gasteiger partial charge in [-0.15, -0.1) is 10.2 Å². The second-order valence-corrected chi connectivity index (χ2v) is 7.89. The number of ether oxygens (including phenoxy) is 1. The zero-order valence-electron chi connectivity index (χ0n) is 14.9. The Kier molecular flexibility index (Phi) is 6.06. The number of thioether (sulfide) groups is 1. The molecule has 2 aromatic rings. The lowest BCUT2D eigenvalue weighted by molar-refractivity contribution is -0.121. The van der Waals surface area contributed by atoms with Crippen molar-refractivity contribution in [2.45, 2.75) is 50.3 Å². The van der Waals surface area contributed by atoms with Gasteiger partial charge in [-0.3, -0.25) is 4.79 Å². The van der Waals surface area contributed by atoms with Crippen molar-refractivity contribution in [3.8, 4) is 17.1 Å². The summed E-state index contributed by atoms with van der Waals surface area (Å²) in [6.07, 6.45) is 0. The molecule has 1 unspecified atom stereocenters. The van der Waals surface area contributed by atoms with Gasteiger partial charge in [0.2, 0.25) is 11.1 Å². The summed E-state index contributed by atoms with van der Waals surface area (Å²) < 4.78 is 30.0. The molecule has 10 heteroatoms. The van der Waals surface area contributed by atoms with Gasteiger partial charge in [0, 0.05) is 11.1 Å². The summed E-state index contributed by atoms with van der Waals surface area (Å²) in [5, 5.41) is 10.8. The van der Waals surface area contributed by atoms with Gasteiger partial charge in [0.1, 0.15) is 5.75 Å². The monoisotopic (exact) mass is 385 g/mol. The van der Waals surface area contributed by atoms with Crippen LogP contribution in [0, 0.1) is 0 Å². The number of hydrogen-bond donors (Lipinski definition) is 2. The van der Waals surface area contributed by atoms with E-state index < -0.39 is 11.9 Å². The minimum Gasteiger partial charge on any atom is -0.435 e. The van der Waals surface area contributed by atoms with Gasteiger partial charge in [-0.2, -0.15) is 8.78 Å². The molecule has 7 nitrogen and oxygen atoms in total. The Morgan fingerprint density at radius 1 is 1.27 bits per heavy atom. The van der Waals surface area contributed by atoms with Crippen LogP contribution in [0.5, 0.6) is 5.75 Å². The largest absolute Gasteiger partial charge is 0.435 e. The van der Waals surface area contributed by atoms with E-state index in [2.05, 4.69) is 20.3 Å². The van der Waals surface area contributed by atoms with Crippen LogP contribution in [-0.2, 0) is 4.79 Å². The van der Waals surface area contributed by atoms with E-state index in [9.17, 15) is 13.6 Å². The van der Waals surface area contributed by atoms with Crippen LogP contribution in [-0.4, -0.2) is 38.2 Å². The third-order valence-corrected chi connectivity index (χ3v) is 4.21. The van der Waals surface area contributed by atoms with Gasteiger partial charge in [0.25, 0.3) is 0 Å². The number of hydrogen-bond acceptors (Lipinski definition) is 6. The quantitative estimate of drug-likeness (QED) is 0.586. The number of carbonyl (C=O) groups excluding carboxylic acids is 1. The minimum atomic E-state index is -2.89. The molecule has 0 bridgehead atoms. The minimum absolute atomic E-state index is 0.0360. The number of aromatic nitrogens is 3. The molecule has 1 atom stereocenters. The average molecular weight is 385 g/mol. The maximum atomic E-state index is 12.2. The molecule has 1 aromatic heterocycles. The van der Waals surface area contributed by atoms with Gasteiger partial charge in [-0.1, -0.05) is 11.8 Å². The van der Waals surface area contributed by atoms with E-state index in [0.717, 1.165) is 0 Å². The fourth-order valence-corrected chi connectivity index (χ4v) is 2.79. The van der Waals surface area contributed by atoms with Crippen LogP contribution in [0.1, 0.15) is 27.7 Å². The van der Waals surface area contributed by atoms with Crippen molar-refractivity contribution >= 4 is 17.7 Å². The summed E-state index contributed by atoms with van der Waals surface area (Å²) in [6, 6.07) is 5.88. The van der Waals surface area contributed by atoms with Crippen LogP contribution in [0.4, 0.5) is 8.78 Å². The van der Waals surface area contributed by atoms with Crippen molar-refractivity contribution in [2.75, 3.05) is 5.84 Å². The first-order valence-electron chi connectivity index (χ1n) is 7.81. The van der Waals surface area contributed by atoms with Crippen LogP contribution in [0.3, 0.4) is 0 Å². The van der Waals surface area contributed by atoms with E-state index >= 15 is 0 Å². The molecule has 0 spiro atoms. The predicted octanol–water partition coefficient (Wildman–Crippen LogP) is 2.66. The van der Waals surface area contributed by atoms with Gasteiger partial charge in [-0.25, -0.2) is 4.68 Å². The Bertz CT molecular complexity index is 759. The highest BCUT2D eigenvalue weighted by molar-refractivity contribution is 8.00. The Morgan fingerprint density at radius 2 is 1.88 bits per heavy atom. The number of halogens is 2. The molecule has 1 heterocycles.